The van der Waals surface area contributed by atoms with Crippen molar-refractivity contribution in [2.24, 2.45) is 0 Å². The fraction of sp³-hybridized carbons (Fsp3) is 0.500. The molecule has 0 amide bonds. The summed E-state index contributed by atoms with van der Waals surface area (Å²) in [4.78, 5) is 0. The predicted molar refractivity (Wildman–Crippen MR) is 68.9 cm³/mol. The molecule has 0 aliphatic heterocycles. The van der Waals surface area contributed by atoms with Gasteiger partial charge >= 0.3 is 0 Å². The number of hydrogen-bond donors (Lipinski definition) is 0. The average molecular weight is 249 g/mol. The quantitative estimate of drug-likeness (QED) is 0.665. The first-order valence-corrected chi connectivity index (χ1v) is 6.10. The number of benzene rings is 1. The zero-order chi connectivity index (χ0) is 13.2. The molecule has 98 valence electrons. The fourth-order valence-electron chi connectivity index (χ4n) is 1.50. The lowest BCUT2D eigenvalue weighted by molar-refractivity contribution is 0.183. The van der Waals surface area contributed by atoms with E-state index in [4.69, 9.17) is 19.5 Å². The maximum atomic E-state index is 8.83. The first kappa shape index (κ1) is 14.3. The molecule has 4 nitrogen and oxygen atoms in total. The molecule has 0 bridgehead atoms. The van der Waals surface area contributed by atoms with E-state index in [0.29, 0.717) is 30.3 Å². The summed E-state index contributed by atoms with van der Waals surface area (Å²) in [6, 6.07) is 7.29. The molecule has 0 unspecified atom stereocenters. The van der Waals surface area contributed by atoms with Crippen LogP contribution < -0.4 is 9.47 Å². The smallest absolute Gasteiger partial charge is 0.162 e. The Hall–Kier alpha value is -1.73. The summed E-state index contributed by atoms with van der Waals surface area (Å²) in [5, 5.41) is 8.83. The van der Waals surface area contributed by atoms with Gasteiger partial charge in [0.2, 0.25) is 0 Å². The lowest BCUT2D eigenvalue weighted by Crippen LogP contribution is -2.02. The first-order chi connectivity index (χ1) is 8.81. The minimum atomic E-state index is 0.551. The predicted octanol–water partition coefficient (Wildman–Crippen LogP) is 2.76. The summed E-state index contributed by atoms with van der Waals surface area (Å²) in [5.41, 5.74) is 0.574. The van der Waals surface area contributed by atoms with E-state index in [2.05, 4.69) is 6.07 Å². The highest BCUT2D eigenvalue weighted by atomic mass is 16.5. The van der Waals surface area contributed by atoms with E-state index in [1.54, 1.807) is 25.3 Å². The van der Waals surface area contributed by atoms with Crippen molar-refractivity contribution in [3.63, 3.8) is 0 Å². The lowest BCUT2D eigenvalue weighted by atomic mass is 10.2. The number of nitrogens with zero attached hydrogens (tertiary/aromatic N) is 1. The SMILES string of the molecule is CCOc1cc(C#N)ccc1OCCCCOC. The van der Waals surface area contributed by atoms with E-state index in [0.717, 1.165) is 19.4 Å². The zero-order valence-electron chi connectivity index (χ0n) is 10.9. The topological polar surface area (TPSA) is 51.5 Å². The lowest BCUT2D eigenvalue weighted by Gasteiger charge is -2.11. The van der Waals surface area contributed by atoms with Crippen LogP contribution in [0.4, 0.5) is 0 Å². The van der Waals surface area contributed by atoms with Crippen LogP contribution in [0.3, 0.4) is 0 Å². The molecule has 1 rings (SSSR count). The summed E-state index contributed by atoms with van der Waals surface area (Å²) in [5.74, 6) is 1.32. The number of nitriles is 1. The summed E-state index contributed by atoms with van der Waals surface area (Å²) >= 11 is 0. The molecule has 1 aromatic rings. The van der Waals surface area contributed by atoms with Gasteiger partial charge < -0.3 is 14.2 Å². The van der Waals surface area contributed by atoms with Crippen LogP contribution in [0.5, 0.6) is 11.5 Å². The molecular formula is C14H19NO3. The molecule has 0 saturated heterocycles. The van der Waals surface area contributed by atoms with Crippen LogP contribution in [0.1, 0.15) is 25.3 Å². The van der Waals surface area contributed by atoms with Crippen molar-refractivity contribution in [3.05, 3.63) is 23.8 Å². The van der Waals surface area contributed by atoms with Crippen LogP contribution in [0, 0.1) is 11.3 Å². The Morgan fingerprint density at radius 2 is 1.89 bits per heavy atom. The fourth-order valence-corrected chi connectivity index (χ4v) is 1.50. The van der Waals surface area contributed by atoms with Gasteiger partial charge in [-0.05, 0) is 31.9 Å². The Bertz CT molecular complexity index is 399. The second-order valence-electron chi connectivity index (χ2n) is 3.75. The van der Waals surface area contributed by atoms with Crippen LogP contribution in [-0.4, -0.2) is 26.9 Å². The molecule has 0 atom stereocenters. The number of rotatable bonds is 8. The van der Waals surface area contributed by atoms with Crippen molar-refractivity contribution in [2.45, 2.75) is 19.8 Å². The van der Waals surface area contributed by atoms with Crippen LogP contribution in [0.2, 0.25) is 0 Å². The highest BCUT2D eigenvalue weighted by Crippen LogP contribution is 2.28. The molecule has 0 aliphatic rings. The maximum absolute atomic E-state index is 8.83. The van der Waals surface area contributed by atoms with E-state index in [1.165, 1.54) is 0 Å². The Morgan fingerprint density at radius 3 is 2.56 bits per heavy atom. The highest BCUT2D eigenvalue weighted by molar-refractivity contribution is 5.46. The van der Waals surface area contributed by atoms with Gasteiger partial charge in [-0.1, -0.05) is 0 Å². The van der Waals surface area contributed by atoms with Gasteiger partial charge in [0, 0.05) is 19.8 Å². The highest BCUT2D eigenvalue weighted by Gasteiger charge is 2.06. The van der Waals surface area contributed by atoms with Crippen molar-refractivity contribution in [2.75, 3.05) is 26.9 Å². The van der Waals surface area contributed by atoms with Gasteiger partial charge in [-0.3, -0.25) is 0 Å². The van der Waals surface area contributed by atoms with Crippen molar-refractivity contribution in [3.8, 4) is 17.6 Å². The average Bonchev–Trinajstić information content (AvgIpc) is 2.40. The summed E-state index contributed by atoms with van der Waals surface area (Å²) in [6.45, 7) is 3.82. The zero-order valence-corrected chi connectivity index (χ0v) is 10.9. The molecule has 18 heavy (non-hydrogen) atoms. The molecule has 0 aromatic heterocycles. The van der Waals surface area contributed by atoms with Crippen LogP contribution in [0.15, 0.2) is 18.2 Å². The molecule has 0 saturated carbocycles. The molecule has 0 heterocycles. The molecule has 0 N–H and O–H groups in total. The number of methoxy groups -OCH3 is 1. The minimum Gasteiger partial charge on any atom is -0.490 e. The third-order valence-electron chi connectivity index (χ3n) is 2.37. The molecule has 4 heteroatoms. The van der Waals surface area contributed by atoms with Crippen molar-refractivity contribution in [1.82, 2.24) is 0 Å². The van der Waals surface area contributed by atoms with Gasteiger partial charge in [0.25, 0.3) is 0 Å². The standard InChI is InChI=1S/C14H19NO3/c1-3-17-14-10-12(11-15)6-7-13(14)18-9-5-4-8-16-2/h6-7,10H,3-5,8-9H2,1-2H3. The van der Waals surface area contributed by atoms with E-state index >= 15 is 0 Å². The molecule has 0 aliphatic carbocycles. The third-order valence-corrected chi connectivity index (χ3v) is 2.37. The number of ether oxygens (including phenoxy) is 3. The first-order valence-electron chi connectivity index (χ1n) is 6.10. The third kappa shape index (κ3) is 4.64. The maximum Gasteiger partial charge on any atom is 0.162 e. The van der Waals surface area contributed by atoms with Gasteiger partial charge in [0.05, 0.1) is 24.8 Å². The Labute approximate surface area is 108 Å². The van der Waals surface area contributed by atoms with Crippen LogP contribution in [0.25, 0.3) is 0 Å². The molecule has 1 aromatic carbocycles. The summed E-state index contributed by atoms with van der Waals surface area (Å²) in [6.07, 6.45) is 1.90. The molecule has 0 radical (unpaired) electrons. The molecular weight excluding hydrogens is 230 g/mol. The molecule has 0 spiro atoms. The van der Waals surface area contributed by atoms with E-state index in [9.17, 15) is 0 Å². The Morgan fingerprint density at radius 1 is 1.11 bits per heavy atom. The molecule has 0 fully saturated rings. The van der Waals surface area contributed by atoms with Crippen LogP contribution in [-0.2, 0) is 4.74 Å². The van der Waals surface area contributed by atoms with Crippen molar-refractivity contribution < 1.29 is 14.2 Å². The van der Waals surface area contributed by atoms with E-state index in [-0.39, 0.29) is 0 Å². The van der Waals surface area contributed by atoms with Crippen molar-refractivity contribution >= 4 is 0 Å². The van der Waals surface area contributed by atoms with Gasteiger partial charge in [0.1, 0.15) is 0 Å². The number of hydrogen-bond acceptors (Lipinski definition) is 4. The second kappa shape index (κ2) is 8.37. The Balaban J connectivity index is 2.55. The van der Waals surface area contributed by atoms with E-state index in [1.807, 2.05) is 6.92 Å². The summed E-state index contributed by atoms with van der Waals surface area (Å²) in [7, 11) is 1.69. The van der Waals surface area contributed by atoms with E-state index < -0.39 is 0 Å². The van der Waals surface area contributed by atoms with Gasteiger partial charge in [-0.15, -0.1) is 0 Å². The van der Waals surface area contributed by atoms with Gasteiger partial charge in [0.15, 0.2) is 11.5 Å². The van der Waals surface area contributed by atoms with Crippen molar-refractivity contribution in [1.29, 1.82) is 5.26 Å². The van der Waals surface area contributed by atoms with Gasteiger partial charge in [-0.25, -0.2) is 0 Å². The monoisotopic (exact) mass is 249 g/mol. The largest absolute Gasteiger partial charge is 0.490 e. The Kier molecular flexibility index (Phi) is 6.67. The minimum absolute atomic E-state index is 0.551. The second-order valence-corrected chi connectivity index (χ2v) is 3.75. The number of unbranched alkanes of at least 4 members (excludes halogenated alkanes) is 1. The van der Waals surface area contributed by atoms with Gasteiger partial charge in [-0.2, -0.15) is 5.26 Å². The van der Waals surface area contributed by atoms with Crippen LogP contribution >= 0.6 is 0 Å². The summed E-state index contributed by atoms with van der Waals surface area (Å²) < 4.78 is 16.1. The normalized spacial score (nSPS) is 9.83.